The van der Waals surface area contributed by atoms with Gasteiger partial charge < -0.3 is 13.8 Å². The number of imidazole rings is 1. The van der Waals surface area contributed by atoms with Crippen LogP contribution in [0.15, 0.2) is 35.3 Å². The molecule has 0 unspecified atom stereocenters. The van der Waals surface area contributed by atoms with Gasteiger partial charge in [-0.15, -0.1) is 0 Å². The number of fused-ring (bicyclic) bond motifs is 3. The molecule has 138 valence electrons. The summed E-state index contributed by atoms with van der Waals surface area (Å²) in [5, 5.41) is 5.65. The van der Waals surface area contributed by atoms with Crippen LogP contribution in [0.1, 0.15) is 37.5 Å². The van der Waals surface area contributed by atoms with Gasteiger partial charge in [-0.25, -0.2) is 4.98 Å². The highest BCUT2D eigenvalue weighted by Gasteiger charge is 2.26. The van der Waals surface area contributed by atoms with Crippen molar-refractivity contribution in [2.75, 3.05) is 6.61 Å². The van der Waals surface area contributed by atoms with Crippen LogP contribution in [0, 0.1) is 0 Å². The van der Waals surface area contributed by atoms with E-state index >= 15 is 0 Å². The zero-order valence-corrected chi connectivity index (χ0v) is 15.6. The maximum absolute atomic E-state index is 6.29. The van der Waals surface area contributed by atoms with E-state index in [0.29, 0.717) is 17.3 Å². The number of halogens is 1. The first-order valence-corrected chi connectivity index (χ1v) is 9.39. The van der Waals surface area contributed by atoms with Crippen LogP contribution in [-0.2, 0) is 11.2 Å². The van der Waals surface area contributed by atoms with Gasteiger partial charge in [0, 0.05) is 23.1 Å². The molecule has 1 aliphatic rings. The minimum Gasteiger partial charge on any atom is -0.378 e. The van der Waals surface area contributed by atoms with Crippen molar-refractivity contribution in [2.24, 2.45) is 0 Å². The van der Waals surface area contributed by atoms with Crippen molar-refractivity contribution in [3.63, 3.8) is 0 Å². The van der Waals surface area contributed by atoms with Crippen molar-refractivity contribution in [3.8, 4) is 0 Å². The smallest absolute Gasteiger partial charge is 0.213 e. The second kappa shape index (κ2) is 6.58. The summed E-state index contributed by atoms with van der Waals surface area (Å²) in [6, 6.07) is 6.05. The van der Waals surface area contributed by atoms with Crippen LogP contribution in [0.2, 0.25) is 5.02 Å². The Balaban J connectivity index is 1.76. The summed E-state index contributed by atoms with van der Waals surface area (Å²) in [5.41, 5.74) is 2.81. The molecule has 1 saturated heterocycles. The summed E-state index contributed by atoms with van der Waals surface area (Å²) in [6.07, 6.45) is 5.73. The third-order valence-electron chi connectivity index (χ3n) is 5.10. The molecule has 27 heavy (non-hydrogen) atoms. The topological polar surface area (TPSA) is 78.9 Å². The highest BCUT2D eigenvalue weighted by molar-refractivity contribution is 6.31. The number of aromatic nitrogens is 5. The Morgan fingerprint density at radius 2 is 2.19 bits per heavy atom. The average Bonchev–Trinajstić information content (AvgIpc) is 3.29. The van der Waals surface area contributed by atoms with E-state index in [4.69, 9.17) is 25.8 Å². The number of hydrogen-bond acceptors (Lipinski definition) is 6. The van der Waals surface area contributed by atoms with Crippen LogP contribution in [0.3, 0.4) is 0 Å². The normalized spacial score (nSPS) is 20.5. The average molecular weight is 384 g/mol. The molecule has 4 heterocycles. The third-order valence-corrected chi connectivity index (χ3v) is 5.33. The maximum atomic E-state index is 6.29. The second-order valence-electron chi connectivity index (χ2n) is 6.94. The SMILES string of the molecule is C[C@@H]1C[C@H](n2c(Cc3ncon3)nc3cnc4ccc(Cl)cc4c32)CCO1. The molecule has 0 N–H and O–H groups in total. The summed E-state index contributed by atoms with van der Waals surface area (Å²) in [6.45, 7) is 2.84. The van der Waals surface area contributed by atoms with E-state index in [9.17, 15) is 0 Å². The van der Waals surface area contributed by atoms with Crippen LogP contribution in [-0.4, -0.2) is 37.4 Å². The van der Waals surface area contributed by atoms with E-state index in [-0.39, 0.29) is 12.1 Å². The monoisotopic (exact) mass is 383 g/mol. The lowest BCUT2D eigenvalue weighted by molar-refractivity contribution is 0.00630. The molecule has 1 aliphatic heterocycles. The van der Waals surface area contributed by atoms with E-state index < -0.39 is 0 Å². The molecule has 2 atom stereocenters. The predicted molar refractivity (Wildman–Crippen MR) is 101 cm³/mol. The van der Waals surface area contributed by atoms with Crippen LogP contribution >= 0.6 is 11.6 Å². The van der Waals surface area contributed by atoms with Crippen LogP contribution < -0.4 is 0 Å². The minimum atomic E-state index is 0.205. The van der Waals surface area contributed by atoms with Gasteiger partial charge in [0.2, 0.25) is 6.39 Å². The Labute approximate surface area is 160 Å². The van der Waals surface area contributed by atoms with Crippen molar-refractivity contribution in [3.05, 3.63) is 47.5 Å². The van der Waals surface area contributed by atoms with Gasteiger partial charge in [0.25, 0.3) is 0 Å². The number of pyridine rings is 1. The first-order chi connectivity index (χ1) is 13.2. The Bertz CT molecular complexity index is 1110. The molecule has 1 fully saturated rings. The fourth-order valence-corrected chi connectivity index (χ4v) is 4.11. The Morgan fingerprint density at radius 1 is 1.26 bits per heavy atom. The highest BCUT2D eigenvalue weighted by Crippen LogP contribution is 2.34. The summed E-state index contributed by atoms with van der Waals surface area (Å²) >= 11 is 6.29. The summed E-state index contributed by atoms with van der Waals surface area (Å²) < 4.78 is 13.0. The zero-order valence-electron chi connectivity index (χ0n) is 14.8. The molecule has 8 heteroatoms. The molecule has 0 saturated carbocycles. The standard InChI is InChI=1S/C19H18ClN5O2/c1-11-6-13(4-5-26-11)25-18(8-17-22-10-27-24-17)23-16-9-21-15-3-2-12(20)7-14(15)19(16)25/h2-3,7,9-11,13H,4-6,8H2,1H3/t11-,13-/m1/s1. The van der Waals surface area contributed by atoms with Gasteiger partial charge in [0.05, 0.1) is 29.8 Å². The van der Waals surface area contributed by atoms with E-state index in [2.05, 4.69) is 26.6 Å². The van der Waals surface area contributed by atoms with Gasteiger partial charge >= 0.3 is 0 Å². The van der Waals surface area contributed by atoms with Crippen LogP contribution in [0.25, 0.3) is 21.9 Å². The Kier molecular flexibility index (Phi) is 4.06. The predicted octanol–water partition coefficient (Wildman–Crippen LogP) is 3.95. The van der Waals surface area contributed by atoms with E-state index in [1.807, 2.05) is 24.4 Å². The molecular weight excluding hydrogens is 366 g/mol. The molecule has 3 aromatic heterocycles. The van der Waals surface area contributed by atoms with Crippen molar-refractivity contribution >= 4 is 33.5 Å². The zero-order chi connectivity index (χ0) is 18.4. The van der Waals surface area contributed by atoms with Crippen molar-refractivity contribution in [1.29, 1.82) is 0 Å². The maximum Gasteiger partial charge on any atom is 0.213 e. The fourth-order valence-electron chi connectivity index (χ4n) is 3.94. The molecule has 0 aliphatic carbocycles. The molecule has 1 aromatic carbocycles. The van der Waals surface area contributed by atoms with Gasteiger partial charge in [-0.05, 0) is 38.0 Å². The van der Waals surface area contributed by atoms with Crippen LogP contribution in [0.4, 0.5) is 0 Å². The lowest BCUT2D eigenvalue weighted by Crippen LogP contribution is -2.26. The number of ether oxygens (including phenoxy) is 1. The summed E-state index contributed by atoms with van der Waals surface area (Å²) in [5.74, 6) is 1.52. The van der Waals surface area contributed by atoms with Crippen molar-refractivity contribution in [1.82, 2.24) is 24.7 Å². The van der Waals surface area contributed by atoms with E-state index in [0.717, 1.165) is 47.2 Å². The molecule has 0 spiro atoms. The lowest BCUT2D eigenvalue weighted by Gasteiger charge is -2.30. The number of benzene rings is 1. The quantitative estimate of drug-likeness (QED) is 0.533. The number of rotatable bonds is 3. The molecule has 0 amide bonds. The Morgan fingerprint density at radius 3 is 3.00 bits per heavy atom. The van der Waals surface area contributed by atoms with E-state index in [1.54, 1.807) is 0 Å². The van der Waals surface area contributed by atoms with Crippen LogP contribution in [0.5, 0.6) is 0 Å². The highest BCUT2D eigenvalue weighted by atomic mass is 35.5. The van der Waals surface area contributed by atoms with Crippen molar-refractivity contribution < 1.29 is 9.26 Å². The largest absolute Gasteiger partial charge is 0.378 e. The van der Waals surface area contributed by atoms with Gasteiger partial charge in [0.1, 0.15) is 11.3 Å². The summed E-state index contributed by atoms with van der Waals surface area (Å²) in [7, 11) is 0. The molecular formula is C19H18ClN5O2. The van der Waals surface area contributed by atoms with E-state index in [1.165, 1.54) is 6.39 Å². The third kappa shape index (κ3) is 2.96. The lowest BCUT2D eigenvalue weighted by atomic mass is 10.0. The first kappa shape index (κ1) is 16.6. The van der Waals surface area contributed by atoms with Crippen molar-refractivity contribution in [2.45, 2.75) is 38.3 Å². The van der Waals surface area contributed by atoms with Gasteiger partial charge in [-0.3, -0.25) is 4.98 Å². The number of hydrogen-bond donors (Lipinski definition) is 0. The van der Waals surface area contributed by atoms with Gasteiger partial charge in [-0.1, -0.05) is 16.8 Å². The molecule has 5 rings (SSSR count). The first-order valence-electron chi connectivity index (χ1n) is 9.01. The minimum absolute atomic E-state index is 0.205. The summed E-state index contributed by atoms with van der Waals surface area (Å²) in [4.78, 5) is 13.6. The molecule has 7 nitrogen and oxygen atoms in total. The van der Waals surface area contributed by atoms with Gasteiger partial charge in [-0.2, -0.15) is 4.98 Å². The second-order valence-corrected chi connectivity index (χ2v) is 7.37. The van der Waals surface area contributed by atoms with Gasteiger partial charge in [0.15, 0.2) is 5.82 Å². The molecule has 0 radical (unpaired) electrons. The molecule has 0 bridgehead atoms. The number of nitrogens with zero attached hydrogens (tertiary/aromatic N) is 5. The Hall–Kier alpha value is -2.51. The molecule has 4 aromatic rings. The fraction of sp³-hybridized carbons (Fsp3) is 0.368.